The van der Waals surface area contributed by atoms with E-state index >= 15 is 0 Å². The molecule has 0 saturated carbocycles. The molecule has 0 amide bonds. The van der Waals surface area contributed by atoms with Gasteiger partial charge in [-0.25, -0.2) is 9.59 Å². The van der Waals surface area contributed by atoms with Crippen LogP contribution >= 0.6 is 0 Å². The fraction of sp³-hybridized carbons (Fsp3) is 0.154. The molecule has 1 heterocycles. The molecule has 98 valence electrons. The third kappa shape index (κ3) is 2.62. The number of hydrogen-bond acceptors (Lipinski definition) is 3. The van der Waals surface area contributed by atoms with Gasteiger partial charge in [0.25, 0.3) is 5.56 Å². The molecule has 0 unspecified atom stereocenters. The van der Waals surface area contributed by atoms with Crippen LogP contribution in [0, 0.1) is 0 Å². The number of aryl methyl sites for hydroxylation is 1. The van der Waals surface area contributed by atoms with Gasteiger partial charge in [0.2, 0.25) is 0 Å². The summed E-state index contributed by atoms with van der Waals surface area (Å²) in [6.45, 7) is 0.117. The third-order valence-corrected chi connectivity index (χ3v) is 2.78. The molecule has 0 aliphatic rings. The van der Waals surface area contributed by atoms with Gasteiger partial charge in [-0.15, -0.1) is 0 Å². The number of carboxylic acid groups (broad SMARTS) is 1. The summed E-state index contributed by atoms with van der Waals surface area (Å²) in [4.78, 5) is 34.1. The summed E-state index contributed by atoms with van der Waals surface area (Å²) >= 11 is 0. The number of aromatic carboxylic acids is 1. The highest BCUT2D eigenvalue weighted by Gasteiger charge is 2.05. The van der Waals surface area contributed by atoms with Crippen LogP contribution in [0.1, 0.15) is 15.9 Å². The van der Waals surface area contributed by atoms with E-state index in [2.05, 4.69) is 0 Å². The van der Waals surface area contributed by atoms with Gasteiger partial charge in [0.1, 0.15) is 0 Å². The zero-order valence-electron chi connectivity index (χ0n) is 10.2. The second-order valence-electron chi connectivity index (χ2n) is 4.14. The normalized spacial score (nSPS) is 10.4. The van der Waals surface area contributed by atoms with Gasteiger partial charge in [0.05, 0.1) is 12.1 Å². The van der Waals surface area contributed by atoms with E-state index in [1.54, 1.807) is 19.2 Å². The fourth-order valence-corrected chi connectivity index (χ4v) is 1.69. The highest BCUT2D eigenvalue weighted by atomic mass is 16.4. The number of aromatic nitrogens is 2. The smallest absolute Gasteiger partial charge is 0.335 e. The molecule has 19 heavy (non-hydrogen) atoms. The summed E-state index contributed by atoms with van der Waals surface area (Å²) in [5, 5.41) is 8.78. The fourth-order valence-electron chi connectivity index (χ4n) is 1.69. The summed E-state index contributed by atoms with van der Waals surface area (Å²) in [6, 6.07) is 7.37. The van der Waals surface area contributed by atoms with Crippen molar-refractivity contribution in [3.8, 4) is 0 Å². The lowest BCUT2D eigenvalue weighted by Gasteiger charge is -2.06. The van der Waals surface area contributed by atoms with Crippen molar-refractivity contribution < 1.29 is 9.90 Å². The monoisotopic (exact) mass is 260 g/mol. The molecule has 6 nitrogen and oxygen atoms in total. The van der Waals surface area contributed by atoms with Gasteiger partial charge in [-0.3, -0.25) is 9.36 Å². The molecule has 0 atom stereocenters. The Morgan fingerprint density at radius 3 is 2.37 bits per heavy atom. The van der Waals surface area contributed by atoms with Crippen LogP contribution in [0.2, 0.25) is 0 Å². The number of hydrogen-bond donors (Lipinski definition) is 1. The predicted molar refractivity (Wildman–Crippen MR) is 68.4 cm³/mol. The molecular weight excluding hydrogens is 248 g/mol. The Kier molecular flexibility index (Phi) is 3.33. The second kappa shape index (κ2) is 4.93. The lowest BCUT2D eigenvalue weighted by atomic mass is 10.1. The largest absolute Gasteiger partial charge is 0.478 e. The van der Waals surface area contributed by atoms with Crippen LogP contribution in [-0.4, -0.2) is 20.2 Å². The first-order valence-electron chi connectivity index (χ1n) is 5.58. The van der Waals surface area contributed by atoms with E-state index in [4.69, 9.17) is 5.11 Å². The van der Waals surface area contributed by atoms with Gasteiger partial charge < -0.3 is 9.67 Å². The highest BCUT2D eigenvalue weighted by molar-refractivity contribution is 5.87. The van der Waals surface area contributed by atoms with Crippen molar-refractivity contribution in [2.24, 2.45) is 7.05 Å². The Labute approximate surface area is 108 Å². The topological polar surface area (TPSA) is 81.3 Å². The number of carboxylic acids is 1. The average molecular weight is 260 g/mol. The quantitative estimate of drug-likeness (QED) is 0.860. The van der Waals surface area contributed by atoms with Crippen molar-refractivity contribution in [2.75, 3.05) is 0 Å². The molecule has 0 spiro atoms. The molecule has 1 N–H and O–H groups in total. The standard InChI is InChI=1S/C13H12N2O4/c1-14-7-6-11(16)15(13(14)19)8-9-2-4-10(5-3-9)12(17)18/h2-7H,8H2,1H3,(H,17,18). The molecular formula is C13H12N2O4. The van der Waals surface area contributed by atoms with Crippen LogP contribution in [0.5, 0.6) is 0 Å². The van der Waals surface area contributed by atoms with E-state index in [-0.39, 0.29) is 17.7 Å². The van der Waals surface area contributed by atoms with E-state index in [0.29, 0.717) is 5.56 Å². The van der Waals surface area contributed by atoms with Gasteiger partial charge in [-0.1, -0.05) is 12.1 Å². The summed E-state index contributed by atoms with van der Waals surface area (Å²) in [5.41, 5.74) is 0.0627. The van der Waals surface area contributed by atoms with Crippen LogP contribution in [0.15, 0.2) is 46.1 Å². The molecule has 0 aliphatic carbocycles. The van der Waals surface area contributed by atoms with Crippen molar-refractivity contribution in [1.29, 1.82) is 0 Å². The molecule has 2 rings (SSSR count). The third-order valence-electron chi connectivity index (χ3n) is 2.78. The molecule has 6 heteroatoms. The van der Waals surface area contributed by atoms with Gasteiger partial charge in [0.15, 0.2) is 0 Å². The highest BCUT2D eigenvalue weighted by Crippen LogP contribution is 2.04. The summed E-state index contributed by atoms with van der Waals surface area (Å²) in [6.07, 6.45) is 1.41. The SMILES string of the molecule is Cn1ccc(=O)n(Cc2ccc(C(=O)O)cc2)c1=O. The van der Waals surface area contributed by atoms with Gasteiger partial charge >= 0.3 is 11.7 Å². The average Bonchev–Trinajstić information content (AvgIpc) is 2.40. The number of rotatable bonds is 3. The Morgan fingerprint density at radius 1 is 1.16 bits per heavy atom. The first kappa shape index (κ1) is 12.8. The molecule has 0 aliphatic heterocycles. The number of nitrogens with zero attached hydrogens (tertiary/aromatic N) is 2. The summed E-state index contributed by atoms with van der Waals surface area (Å²) in [7, 11) is 1.56. The van der Waals surface area contributed by atoms with E-state index in [0.717, 1.165) is 4.57 Å². The van der Waals surface area contributed by atoms with Gasteiger partial charge in [-0.2, -0.15) is 0 Å². The minimum atomic E-state index is -1.01. The molecule has 0 bridgehead atoms. The zero-order chi connectivity index (χ0) is 14.0. The van der Waals surface area contributed by atoms with Gasteiger partial charge in [-0.05, 0) is 17.7 Å². The lowest BCUT2D eigenvalue weighted by molar-refractivity contribution is 0.0697. The zero-order valence-corrected chi connectivity index (χ0v) is 10.2. The molecule has 1 aromatic carbocycles. The first-order chi connectivity index (χ1) is 8.99. The maximum atomic E-state index is 11.8. The Morgan fingerprint density at radius 2 is 1.79 bits per heavy atom. The predicted octanol–water partition coefficient (Wildman–Crippen LogP) is 0.294. The second-order valence-corrected chi connectivity index (χ2v) is 4.14. The maximum Gasteiger partial charge on any atom is 0.335 e. The Bertz CT molecular complexity index is 726. The molecule has 0 saturated heterocycles. The van der Waals surface area contributed by atoms with E-state index in [1.807, 2.05) is 0 Å². The molecule has 1 aromatic heterocycles. The lowest BCUT2D eigenvalue weighted by Crippen LogP contribution is -2.38. The van der Waals surface area contributed by atoms with E-state index in [1.165, 1.54) is 29.0 Å². The van der Waals surface area contributed by atoms with Crippen molar-refractivity contribution in [3.63, 3.8) is 0 Å². The van der Waals surface area contributed by atoms with Crippen LogP contribution in [0.4, 0.5) is 0 Å². The van der Waals surface area contributed by atoms with Crippen molar-refractivity contribution >= 4 is 5.97 Å². The number of carbonyl (C=O) groups is 1. The van der Waals surface area contributed by atoms with Crippen LogP contribution in [-0.2, 0) is 13.6 Å². The minimum absolute atomic E-state index is 0.117. The molecule has 0 fully saturated rings. The van der Waals surface area contributed by atoms with Crippen molar-refractivity contribution in [2.45, 2.75) is 6.54 Å². The summed E-state index contributed by atoms with van der Waals surface area (Å²) < 4.78 is 2.41. The summed E-state index contributed by atoms with van der Waals surface area (Å²) in [5.74, 6) is -1.01. The number of benzene rings is 1. The van der Waals surface area contributed by atoms with Crippen molar-refractivity contribution in [1.82, 2.24) is 9.13 Å². The van der Waals surface area contributed by atoms with Crippen LogP contribution < -0.4 is 11.2 Å². The van der Waals surface area contributed by atoms with Gasteiger partial charge in [0, 0.05) is 19.3 Å². The minimum Gasteiger partial charge on any atom is -0.478 e. The van der Waals surface area contributed by atoms with Crippen molar-refractivity contribution in [3.05, 3.63) is 68.5 Å². The Hall–Kier alpha value is -2.63. The van der Waals surface area contributed by atoms with Crippen LogP contribution in [0.25, 0.3) is 0 Å². The maximum absolute atomic E-state index is 11.8. The Balaban J connectivity index is 2.37. The van der Waals surface area contributed by atoms with E-state index in [9.17, 15) is 14.4 Å². The van der Waals surface area contributed by atoms with E-state index < -0.39 is 11.7 Å². The molecule has 0 radical (unpaired) electrons. The first-order valence-corrected chi connectivity index (χ1v) is 5.58. The van der Waals surface area contributed by atoms with Crippen LogP contribution in [0.3, 0.4) is 0 Å². The molecule has 2 aromatic rings.